The normalized spacial score (nSPS) is 26.3. The number of phosphoric ester groups is 1. The summed E-state index contributed by atoms with van der Waals surface area (Å²) in [5.41, 5.74) is 6.06. The van der Waals surface area contributed by atoms with Crippen molar-refractivity contribution in [1.82, 2.24) is 60.5 Å². The van der Waals surface area contributed by atoms with E-state index in [9.17, 15) is 57.5 Å². The van der Waals surface area contributed by atoms with Crippen LogP contribution in [0.15, 0.2) is 12.2 Å². The van der Waals surface area contributed by atoms with Crippen LogP contribution in [0.4, 0.5) is 0 Å². The summed E-state index contributed by atoms with van der Waals surface area (Å²) in [4.78, 5) is 221. The average Bonchev–Trinajstić information content (AvgIpc) is 0.968. The minimum atomic E-state index is -5.08. The van der Waals surface area contributed by atoms with Gasteiger partial charge in [0, 0.05) is 55.9 Å². The molecule has 2 saturated heterocycles. The van der Waals surface area contributed by atoms with Gasteiger partial charge in [-0.05, 0) is 114 Å². The molecule has 12 amide bonds. The zero-order chi connectivity index (χ0) is 78.6. The third-order valence-electron chi connectivity index (χ3n) is 18.8. The standard InChI is InChI=1S/C70H124N13O18P/c1-25-27-29-44(15)58(101-70(96)49-30-28-31-83(49)64(90)47(71)37-100-102(97,98)99)57-62(88)74-48(26-2)65(91)76(18)36-54(84)77(19)50(32-38(3)4)61(87)75-55(42(11)12)68(94)78(20)51(33-39(5)6)60(86)72-45(16)59(85)73-46(17)63(89)79(21)52(34-40(7)8)66(92)80(22)53(35-41(9)10)67(93)81(23)56(43(13)14)69(95)82(57)24/h25,27,38-53,55-58H,26,28-37,71H2,1-24H3,(H,72,86)(H,73,85)(H,74,88)(H,75,87)(H2,97,98,99)/b27-25+/t44-,45+,46+,47-,48+,49-,50+,51+,52+,53+,55+,56+,57+,58-/m1/s1. The van der Waals surface area contributed by atoms with Crippen LogP contribution in [0.5, 0.6) is 0 Å². The van der Waals surface area contributed by atoms with E-state index in [-0.39, 0.29) is 81.6 Å². The summed E-state index contributed by atoms with van der Waals surface area (Å²) in [6.45, 7) is 27.5. The van der Waals surface area contributed by atoms with Crippen molar-refractivity contribution in [3.05, 3.63) is 12.2 Å². The van der Waals surface area contributed by atoms with E-state index in [0.29, 0.717) is 0 Å². The SMILES string of the molecule is C/C=C/C[C@@H](C)[C@@H](OC(=O)[C@H]1CCCN1C(=O)[C@H](N)COP(=O)(O)O)[C@H]1C(=O)N[C@@H](CC)C(=O)N(C)CC(=O)N(C)[C@@H](CC(C)C)C(=O)N[C@@H](C(C)C)C(=O)N(C)[C@@H](CC(C)C)C(=O)N[C@@H](C)C(=O)N[C@@H](C)C(=O)N(C)[C@@H](CC(C)C)C(=O)N(C)[C@@H](CC(C)C)C(=O)N(C)[C@@H](C(C)C)C(=O)N1C. The fourth-order valence-electron chi connectivity index (χ4n) is 12.8. The molecule has 102 heavy (non-hydrogen) atoms. The molecule has 14 atom stereocenters. The Morgan fingerprint density at radius 1 is 0.569 bits per heavy atom. The molecule has 2 rings (SSSR count). The van der Waals surface area contributed by atoms with Gasteiger partial charge in [-0.2, -0.15) is 0 Å². The molecule has 0 aromatic rings. The van der Waals surface area contributed by atoms with Crippen LogP contribution < -0.4 is 27.0 Å². The number of hydrogen-bond donors (Lipinski definition) is 7. The van der Waals surface area contributed by atoms with Crippen molar-refractivity contribution in [3.63, 3.8) is 0 Å². The maximum absolute atomic E-state index is 15.9. The van der Waals surface area contributed by atoms with Crippen molar-refractivity contribution in [3.8, 4) is 0 Å². The number of carbonyl (C=O) groups is 13. The van der Waals surface area contributed by atoms with Crippen LogP contribution >= 0.6 is 7.82 Å². The van der Waals surface area contributed by atoms with Crippen molar-refractivity contribution >= 4 is 84.7 Å². The quantitative estimate of drug-likeness (QED) is 0.0492. The topological polar surface area (TPSA) is 398 Å². The Labute approximate surface area is 604 Å². The van der Waals surface area contributed by atoms with Crippen LogP contribution in [0.2, 0.25) is 0 Å². The lowest BCUT2D eigenvalue weighted by atomic mass is 9.91. The van der Waals surface area contributed by atoms with E-state index >= 15 is 19.2 Å². The Balaban J connectivity index is 3.16. The second kappa shape index (κ2) is 40.8. The van der Waals surface area contributed by atoms with Crippen molar-refractivity contribution in [2.75, 3.05) is 69.0 Å². The molecule has 32 heteroatoms. The van der Waals surface area contributed by atoms with Gasteiger partial charge in [0.2, 0.25) is 70.9 Å². The average molecular weight is 1470 g/mol. The largest absolute Gasteiger partial charge is 0.469 e. The molecule has 31 nitrogen and oxygen atoms in total. The number of ether oxygens (including phenoxy) is 1. The van der Waals surface area contributed by atoms with Crippen molar-refractivity contribution in [1.29, 1.82) is 0 Å². The number of allylic oxidation sites excluding steroid dienone is 2. The van der Waals surface area contributed by atoms with Gasteiger partial charge in [-0.15, -0.1) is 0 Å². The van der Waals surface area contributed by atoms with Gasteiger partial charge in [0.25, 0.3) is 0 Å². The van der Waals surface area contributed by atoms with Gasteiger partial charge in [0.15, 0.2) is 0 Å². The minimum Gasteiger partial charge on any atom is -0.458 e. The molecule has 2 aliphatic rings. The number of nitrogens with zero attached hydrogens (tertiary/aromatic N) is 8. The molecular formula is C70H124N13O18P. The van der Waals surface area contributed by atoms with Crippen molar-refractivity contribution < 1.29 is 85.9 Å². The van der Waals surface area contributed by atoms with Crippen molar-refractivity contribution in [2.45, 2.75) is 248 Å². The molecule has 0 spiro atoms. The Hall–Kier alpha value is -7.08. The predicted molar refractivity (Wildman–Crippen MR) is 383 cm³/mol. The molecule has 0 aromatic heterocycles. The van der Waals surface area contributed by atoms with Gasteiger partial charge in [0.1, 0.15) is 78.6 Å². The molecule has 0 aromatic carbocycles. The molecule has 0 saturated carbocycles. The van der Waals surface area contributed by atoms with Gasteiger partial charge in [-0.3, -0.25) is 62.1 Å². The minimum absolute atomic E-state index is 0.0157. The van der Waals surface area contributed by atoms with E-state index in [0.717, 1.165) is 19.6 Å². The van der Waals surface area contributed by atoms with E-state index in [1.807, 2.05) is 55.4 Å². The second-order valence-electron chi connectivity index (χ2n) is 30.1. The van der Waals surface area contributed by atoms with Crippen LogP contribution in [0, 0.1) is 41.4 Å². The molecule has 2 heterocycles. The Morgan fingerprint density at radius 3 is 1.51 bits per heavy atom. The third kappa shape index (κ3) is 25.7. The Bertz CT molecular complexity index is 3000. The lowest BCUT2D eigenvalue weighted by Gasteiger charge is -2.42. The number of amides is 12. The number of nitrogens with one attached hydrogen (secondary N) is 4. The highest BCUT2D eigenvalue weighted by Crippen LogP contribution is 2.36. The number of rotatable bonds is 21. The van der Waals surface area contributed by atoms with E-state index in [2.05, 4.69) is 25.8 Å². The first kappa shape index (κ1) is 91.0. The highest BCUT2D eigenvalue weighted by Gasteiger charge is 2.49. The summed E-state index contributed by atoms with van der Waals surface area (Å²) in [5.74, 6) is -13.3. The highest BCUT2D eigenvalue weighted by molar-refractivity contribution is 7.46. The molecule has 582 valence electrons. The van der Waals surface area contributed by atoms with Crippen LogP contribution in [0.1, 0.15) is 169 Å². The summed E-state index contributed by atoms with van der Waals surface area (Å²) in [7, 11) is 4.46. The maximum Gasteiger partial charge on any atom is 0.469 e. The first-order chi connectivity index (χ1) is 47.1. The number of esters is 1. The van der Waals surface area contributed by atoms with Gasteiger partial charge in [-0.25, -0.2) is 9.36 Å². The summed E-state index contributed by atoms with van der Waals surface area (Å²) < 4.78 is 22.5. The Morgan fingerprint density at radius 2 is 1.03 bits per heavy atom. The van der Waals surface area contributed by atoms with E-state index in [4.69, 9.17) is 10.5 Å². The third-order valence-corrected chi connectivity index (χ3v) is 19.3. The smallest absolute Gasteiger partial charge is 0.458 e. The zero-order valence-corrected chi connectivity index (χ0v) is 65.9. The van der Waals surface area contributed by atoms with Gasteiger partial charge in [-0.1, -0.05) is 109 Å². The van der Waals surface area contributed by atoms with Gasteiger partial charge in [0.05, 0.1) is 13.2 Å². The number of likely N-dealkylation sites (tertiary alicyclic amines) is 1. The summed E-state index contributed by atoms with van der Waals surface area (Å²) in [6.07, 6.45) is 2.41. The van der Waals surface area contributed by atoms with E-state index in [1.165, 1.54) is 82.8 Å². The molecule has 0 aliphatic carbocycles. The predicted octanol–water partition coefficient (Wildman–Crippen LogP) is 2.25. The lowest BCUT2D eigenvalue weighted by molar-refractivity contribution is -0.170. The van der Waals surface area contributed by atoms with E-state index < -0.39 is 194 Å². The monoisotopic (exact) mass is 1470 g/mol. The second-order valence-corrected chi connectivity index (χ2v) is 31.3. The molecule has 2 fully saturated rings. The van der Waals surface area contributed by atoms with Crippen LogP contribution in [0.25, 0.3) is 0 Å². The number of carbonyl (C=O) groups excluding carboxylic acids is 13. The molecule has 0 radical (unpaired) electrons. The molecular weight excluding hydrogens is 1340 g/mol. The van der Waals surface area contributed by atoms with Gasteiger partial charge < -0.3 is 80.7 Å². The molecule has 0 bridgehead atoms. The zero-order valence-electron chi connectivity index (χ0n) is 65.0. The van der Waals surface area contributed by atoms with Crippen LogP contribution in [-0.2, 0) is 76.2 Å². The van der Waals surface area contributed by atoms with Gasteiger partial charge >= 0.3 is 13.8 Å². The summed E-state index contributed by atoms with van der Waals surface area (Å²) in [5, 5.41) is 11.0. The molecule has 0 unspecified atom stereocenters. The maximum atomic E-state index is 15.9. The molecule has 2 aliphatic heterocycles. The lowest BCUT2D eigenvalue weighted by Crippen LogP contribution is -2.64. The fourth-order valence-corrected chi connectivity index (χ4v) is 13.1. The van der Waals surface area contributed by atoms with E-state index in [1.54, 1.807) is 60.6 Å². The fraction of sp³-hybridized carbons (Fsp3) is 0.786. The van der Waals surface area contributed by atoms with Crippen molar-refractivity contribution in [2.24, 2.45) is 47.2 Å². The number of likely N-dealkylation sites (N-methyl/N-ethyl adjacent to an activating group) is 7. The Kier molecular flexibility index (Phi) is 36.4. The first-order valence-corrected chi connectivity index (χ1v) is 37.3. The van der Waals surface area contributed by atoms with Crippen LogP contribution in [0.3, 0.4) is 0 Å². The summed E-state index contributed by atoms with van der Waals surface area (Å²) in [6, 6.07) is -16.5. The number of hydrogen-bond acceptors (Lipinski definition) is 17. The first-order valence-electron chi connectivity index (χ1n) is 35.7. The number of nitrogens with two attached hydrogens (primary N) is 1. The molecule has 8 N–H and O–H groups in total. The summed E-state index contributed by atoms with van der Waals surface area (Å²) >= 11 is 0. The number of phosphoric acid groups is 1. The van der Waals surface area contributed by atoms with Crippen LogP contribution in [-0.4, -0.2) is 273 Å². The highest BCUT2D eigenvalue weighted by atomic mass is 31.2.